The summed E-state index contributed by atoms with van der Waals surface area (Å²) in [5.74, 6) is -1.88. The van der Waals surface area contributed by atoms with E-state index in [4.69, 9.17) is 9.57 Å². The quantitative estimate of drug-likeness (QED) is 0.750. The summed E-state index contributed by atoms with van der Waals surface area (Å²) in [6.07, 6.45) is 0. The molecule has 7 heteroatoms. The molecule has 0 N–H and O–H groups in total. The van der Waals surface area contributed by atoms with Crippen molar-refractivity contribution in [1.29, 1.82) is 0 Å². The molecule has 0 saturated heterocycles. The van der Waals surface area contributed by atoms with E-state index in [2.05, 4.69) is 15.9 Å². The van der Waals surface area contributed by atoms with Crippen LogP contribution in [0.15, 0.2) is 46.9 Å². The van der Waals surface area contributed by atoms with Crippen molar-refractivity contribution >= 4 is 33.7 Å². The lowest BCUT2D eigenvalue weighted by atomic mass is 10.1. The molecule has 0 atom stereocenters. The Bertz CT molecular complexity index is 814. The molecule has 2 amide bonds. The molecular weight excluding hydrogens is 378 g/mol. The standard InChI is InChI=1S/C17H12BrNO5/c1-2-23-14-8-7-10(18)9-13(14)17(22)24-19-15(20)11-5-3-4-6-12(11)16(19)21/h3-9H,2H2,1H3. The first-order chi connectivity index (χ1) is 11.5. The largest absolute Gasteiger partial charge is 0.493 e. The van der Waals surface area contributed by atoms with Gasteiger partial charge in [0.05, 0.1) is 17.7 Å². The fourth-order valence-corrected chi connectivity index (χ4v) is 2.69. The van der Waals surface area contributed by atoms with Crippen LogP contribution in [0.25, 0.3) is 0 Å². The number of ether oxygens (including phenoxy) is 1. The smallest absolute Gasteiger partial charge is 0.367 e. The predicted octanol–water partition coefficient (Wildman–Crippen LogP) is 3.22. The molecule has 0 bridgehead atoms. The minimum absolute atomic E-state index is 0.114. The van der Waals surface area contributed by atoms with Crippen molar-refractivity contribution in [2.75, 3.05) is 6.61 Å². The van der Waals surface area contributed by atoms with Crippen LogP contribution in [0.2, 0.25) is 0 Å². The molecule has 0 aliphatic carbocycles. The SMILES string of the molecule is CCOc1ccc(Br)cc1C(=O)ON1C(=O)c2ccccc2C1=O. The van der Waals surface area contributed by atoms with E-state index in [9.17, 15) is 14.4 Å². The summed E-state index contributed by atoms with van der Waals surface area (Å²) < 4.78 is 6.02. The molecule has 24 heavy (non-hydrogen) atoms. The number of benzene rings is 2. The molecule has 2 aromatic rings. The first kappa shape index (κ1) is 16.2. The third-order valence-corrected chi connectivity index (χ3v) is 3.89. The van der Waals surface area contributed by atoms with Crippen LogP contribution in [-0.2, 0) is 4.84 Å². The van der Waals surface area contributed by atoms with Crippen LogP contribution in [0.3, 0.4) is 0 Å². The highest BCUT2D eigenvalue weighted by Gasteiger charge is 2.39. The molecule has 0 spiro atoms. The van der Waals surface area contributed by atoms with Gasteiger partial charge in [-0.1, -0.05) is 33.1 Å². The van der Waals surface area contributed by atoms with E-state index < -0.39 is 17.8 Å². The van der Waals surface area contributed by atoms with Crippen LogP contribution in [0.5, 0.6) is 5.75 Å². The predicted molar refractivity (Wildman–Crippen MR) is 87.7 cm³/mol. The van der Waals surface area contributed by atoms with Crippen LogP contribution in [0.1, 0.15) is 38.0 Å². The molecule has 2 aromatic carbocycles. The fourth-order valence-electron chi connectivity index (χ4n) is 2.33. The Kier molecular flexibility index (Phi) is 4.35. The summed E-state index contributed by atoms with van der Waals surface area (Å²) in [4.78, 5) is 41.9. The second kappa shape index (κ2) is 6.45. The van der Waals surface area contributed by atoms with E-state index in [0.29, 0.717) is 21.9 Å². The molecule has 122 valence electrons. The number of hydroxylamine groups is 2. The minimum atomic E-state index is -0.853. The van der Waals surface area contributed by atoms with Gasteiger partial charge in [0.15, 0.2) is 0 Å². The van der Waals surface area contributed by atoms with E-state index in [-0.39, 0.29) is 16.7 Å². The molecule has 0 aromatic heterocycles. The molecule has 0 fully saturated rings. The first-order valence-corrected chi connectivity index (χ1v) is 7.94. The Balaban J connectivity index is 1.88. The Morgan fingerprint density at radius 2 is 1.71 bits per heavy atom. The molecule has 1 aliphatic rings. The summed E-state index contributed by atoms with van der Waals surface area (Å²) in [6.45, 7) is 2.14. The third-order valence-electron chi connectivity index (χ3n) is 3.39. The van der Waals surface area contributed by atoms with Crippen LogP contribution >= 0.6 is 15.9 Å². The fraction of sp³-hybridized carbons (Fsp3) is 0.118. The molecule has 0 saturated carbocycles. The normalized spacial score (nSPS) is 13.0. The molecule has 0 radical (unpaired) electrons. The van der Waals surface area contributed by atoms with Gasteiger partial charge < -0.3 is 9.57 Å². The number of hydrogen-bond donors (Lipinski definition) is 0. The second-order valence-electron chi connectivity index (χ2n) is 4.90. The number of rotatable bonds is 4. The number of fused-ring (bicyclic) bond motifs is 1. The zero-order chi connectivity index (χ0) is 17.3. The van der Waals surface area contributed by atoms with Gasteiger partial charge in [-0.25, -0.2) is 4.79 Å². The first-order valence-electron chi connectivity index (χ1n) is 7.15. The van der Waals surface area contributed by atoms with Gasteiger partial charge in [-0.2, -0.15) is 0 Å². The lowest BCUT2D eigenvalue weighted by Gasteiger charge is -2.14. The average molecular weight is 390 g/mol. The molecule has 0 unspecified atom stereocenters. The van der Waals surface area contributed by atoms with Gasteiger partial charge in [0.1, 0.15) is 11.3 Å². The van der Waals surface area contributed by atoms with E-state index in [1.807, 2.05) is 0 Å². The van der Waals surface area contributed by atoms with Gasteiger partial charge in [-0.3, -0.25) is 9.59 Å². The van der Waals surface area contributed by atoms with Gasteiger partial charge in [0.25, 0.3) is 11.8 Å². The van der Waals surface area contributed by atoms with Gasteiger partial charge in [-0.15, -0.1) is 0 Å². The highest BCUT2D eigenvalue weighted by atomic mass is 79.9. The summed E-state index contributed by atoms with van der Waals surface area (Å²) in [7, 11) is 0. The van der Waals surface area contributed by atoms with Gasteiger partial charge in [-0.05, 0) is 37.3 Å². The van der Waals surface area contributed by atoms with E-state index >= 15 is 0 Å². The van der Waals surface area contributed by atoms with Crippen LogP contribution < -0.4 is 4.74 Å². The summed E-state index contributed by atoms with van der Waals surface area (Å²) in [5, 5.41) is 0.476. The molecular formula is C17H12BrNO5. The lowest BCUT2D eigenvalue weighted by Crippen LogP contribution is -2.32. The number of halogens is 1. The van der Waals surface area contributed by atoms with E-state index in [1.165, 1.54) is 18.2 Å². The zero-order valence-corrected chi connectivity index (χ0v) is 14.2. The Morgan fingerprint density at radius 3 is 2.29 bits per heavy atom. The Labute approximate surface area is 146 Å². The van der Waals surface area contributed by atoms with Crippen molar-refractivity contribution < 1.29 is 24.0 Å². The zero-order valence-electron chi connectivity index (χ0n) is 12.6. The van der Waals surface area contributed by atoms with Crippen molar-refractivity contribution in [2.24, 2.45) is 0 Å². The Hall–Kier alpha value is -2.67. The Morgan fingerprint density at radius 1 is 1.08 bits per heavy atom. The minimum Gasteiger partial charge on any atom is -0.493 e. The molecule has 3 rings (SSSR count). The van der Waals surface area contributed by atoms with Gasteiger partial charge in [0, 0.05) is 4.47 Å². The maximum Gasteiger partial charge on any atom is 0.367 e. The van der Waals surface area contributed by atoms with E-state index in [1.54, 1.807) is 31.2 Å². The van der Waals surface area contributed by atoms with Crippen molar-refractivity contribution in [2.45, 2.75) is 6.92 Å². The lowest BCUT2D eigenvalue weighted by molar-refractivity contribution is -0.0586. The van der Waals surface area contributed by atoms with Gasteiger partial charge >= 0.3 is 5.97 Å². The summed E-state index contributed by atoms with van der Waals surface area (Å²) in [5.41, 5.74) is 0.520. The maximum absolute atomic E-state index is 12.4. The summed E-state index contributed by atoms with van der Waals surface area (Å²) >= 11 is 3.26. The molecule has 1 aliphatic heterocycles. The highest BCUT2D eigenvalue weighted by molar-refractivity contribution is 9.10. The van der Waals surface area contributed by atoms with Crippen LogP contribution in [0, 0.1) is 0 Å². The van der Waals surface area contributed by atoms with Crippen LogP contribution in [0.4, 0.5) is 0 Å². The number of carbonyl (C=O) groups is 3. The second-order valence-corrected chi connectivity index (χ2v) is 5.82. The van der Waals surface area contributed by atoms with Crippen molar-refractivity contribution in [3.8, 4) is 5.75 Å². The van der Waals surface area contributed by atoms with Crippen LogP contribution in [-0.4, -0.2) is 29.5 Å². The van der Waals surface area contributed by atoms with Gasteiger partial charge in [0.2, 0.25) is 0 Å². The number of hydrogen-bond acceptors (Lipinski definition) is 5. The number of amides is 2. The number of nitrogens with zero attached hydrogens (tertiary/aromatic N) is 1. The topological polar surface area (TPSA) is 72.9 Å². The number of carbonyl (C=O) groups excluding carboxylic acids is 3. The maximum atomic E-state index is 12.4. The monoisotopic (exact) mass is 389 g/mol. The highest BCUT2D eigenvalue weighted by Crippen LogP contribution is 2.27. The third kappa shape index (κ3) is 2.78. The molecule has 6 nitrogen and oxygen atoms in total. The number of imide groups is 1. The van der Waals surface area contributed by atoms with Crippen molar-refractivity contribution in [1.82, 2.24) is 5.06 Å². The average Bonchev–Trinajstić information content (AvgIpc) is 2.82. The summed E-state index contributed by atoms with van der Waals surface area (Å²) in [6, 6.07) is 11.1. The van der Waals surface area contributed by atoms with Crippen molar-refractivity contribution in [3.05, 3.63) is 63.6 Å². The van der Waals surface area contributed by atoms with Crippen molar-refractivity contribution in [3.63, 3.8) is 0 Å². The van der Waals surface area contributed by atoms with E-state index in [0.717, 1.165) is 0 Å². The molecule has 1 heterocycles.